The molecule has 0 atom stereocenters. The molecule has 1 spiro atoms. The second-order valence-electron chi connectivity index (χ2n) is 11.8. The van der Waals surface area contributed by atoms with Crippen LogP contribution in [0.1, 0.15) is 71.8 Å². The topological polar surface area (TPSA) is 72.1 Å². The SMILES string of the molecule is CCOCCOC1CCN(c2ccc(NC3CC4(CC(NC(=O)OC(C)(C)C)C4)C3)c(C)c2)CC1. The number of carbonyl (C=O) groups excluding carboxylic acids is 1. The van der Waals surface area contributed by atoms with Gasteiger partial charge in [0.05, 0.1) is 19.3 Å². The Kier molecular flexibility index (Phi) is 8.16. The summed E-state index contributed by atoms with van der Waals surface area (Å²) in [4.78, 5) is 14.5. The zero-order valence-electron chi connectivity index (χ0n) is 22.3. The summed E-state index contributed by atoms with van der Waals surface area (Å²) in [6.45, 7) is 14.1. The molecule has 1 amide bonds. The lowest BCUT2D eigenvalue weighted by atomic mass is 9.52. The average molecular weight is 488 g/mol. The van der Waals surface area contributed by atoms with Crippen LogP contribution in [0.3, 0.4) is 0 Å². The Morgan fingerprint density at radius 3 is 2.40 bits per heavy atom. The van der Waals surface area contributed by atoms with Crippen LogP contribution in [0.2, 0.25) is 0 Å². The largest absolute Gasteiger partial charge is 0.444 e. The highest BCUT2D eigenvalue weighted by molar-refractivity contribution is 5.68. The van der Waals surface area contributed by atoms with Gasteiger partial charge in [-0.05, 0) is 102 Å². The summed E-state index contributed by atoms with van der Waals surface area (Å²) in [5.41, 5.74) is 3.81. The lowest BCUT2D eigenvalue weighted by molar-refractivity contribution is -0.0178. The minimum atomic E-state index is -0.445. The van der Waals surface area contributed by atoms with E-state index in [0.29, 0.717) is 30.8 Å². The maximum Gasteiger partial charge on any atom is 0.407 e. The predicted molar refractivity (Wildman–Crippen MR) is 140 cm³/mol. The van der Waals surface area contributed by atoms with E-state index in [1.54, 1.807) is 0 Å². The van der Waals surface area contributed by atoms with Crippen LogP contribution >= 0.6 is 0 Å². The Balaban J connectivity index is 1.16. The highest BCUT2D eigenvalue weighted by atomic mass is 16.6. The zero-order valence-corrected chi connectivity index (χ0v) is 22.3. The van der Waals surface area contributed by atoms with Gasteiger partial charge in [-0.25, -0.2) is 4.79 Å². The zero-order chi connectivity index (χ0) is 25.1. The molecule has 35 heavy (non-hydrogen) atoms. The third kappa shape index (κ3) is 7.04. The van der Waals surface area contributed by atoms with Crippen LogP contribution in [0.4, 0.5) is 16.2 Å². The molecule has 2 saturated carbocycles. The first-order valence-electron chi connectivity index (χ1n) is 13.5. The summed E-state index contributed by atoms with van der Waals surface area (Å²) < 4.78 is 16.7. The van der Waals surface area contributed by atoms with Crippen LogP contribution in [-0.4, -0.2) is 62.8 Å². The Morgan fingerprint density at radius 2 is 1.77 bits per heavy atom. The molecule has 1 aliphatic heterocycles. The third-order valence-electron chi connectivity index (χ3n) is 7.60. The normalized spacial score (nSPS) is 26.7. The molecular formula is C28H45N3O4. The van der Waals surface area contributed by atoms with Crippen molar-refractivity contribution in [1.29, 1.82) is 0 Å². The van der Waals surface area contributed by atoms with Crippen molar-refractivity contribution in [1.82, 2.24) is 5.32 Å². The van der Waals surface area contributed by atoms with Crippen molar-refractivity contribution in [3.05, 3.63) is 23.8 Å². The average Bonchev–Trinajstić information content (AvgIpc) is 2.74. The summed E-state index contributed by atoms with van der Waals surface area (Å²) in [5.74, 6) is 0. The molecule has 2 N–H and O–H groups in total. The number of anilines is 2. The number of hydrogen-bond donors (Lipinski definition) is 2. The van der Waals surface area contributed by atoms with Gasteiger partial charge in [-0.2, -0.15) is 0 Å². The number of hydrogen-bond acceptors (Lipinski definition) is 6. The molecule has 1 saturated heterocycles. The molecule has 1 heterocycles. The van der Waals surface area contributed by atoms with E-state index >= 15 is 0 Å². The molecule has 196 valence electrons. The van der Waals surface area contributed by atoms with Crippen molar-refractivity contribution in [3.63, 3.8) is 0 Å². The smallest absolute Gasteiger partial charge is 0.407 e. The van der Waals surface area contributed by atoms with Crippen molar-refractivity contribution >= 4 is 17.5 Å². The lowest BCUT2D eigenvalue weighted by Crippen LogP contribution is -2.59. The Morgan fingerprint density at radius 1 is 1.09 bits per heavy atom. The number of amides is 1. The van der Waals surface area contributed by atoms with Crippen LogP contribution < -0.4 is 15.5 Å². The molecule has 7 nitrogen and oxygen atoms in total. The molecule has 3 fully saturated rings. The van der Waals surface area contributed by atoms with E-state index in [0.717, 1.165) is 45.4 Å². The molecule has 1 aromatic carbocycles. The molecule has 2 aliphatic carbocycles. The second kappa shape index (κ2) is 11.0. The first-order valence-corrected chi connectivity index (χ1v) is 13.5. The first kappa shape index (κ1) is 26.1. The molecule has 3 aliphatic rings. The number of ether oxygens (including phenoxy) is 3. The second-order valence-corrected chi connectivity index (χ2v) is 11.8. The number of aryl methyl sites for hydroxylation is 1. The minimum Gasteiger partial charge on any atom is -0.444 e. The van der Waals surface area contributed by atoms with Crippen LogP contribution in [0.15, 0.2) is 18.2 Å². The van der Waals surface area contributed by atoms with Gasteiger partial charge >= 0.3 is 6.09 Å². The van der Waals surface area contributed by atoms with Crippen LogP contribution in [0, 0.1) is 12.3 Å². The minimum absolute atomic E-state index is 0.256. The fourth-order valence-electron chi connectivity index (χ4n) is 5.91. The molecule has 1 aromatic rings. The number of nitrogens with zero attached hydrogens (tertiary/aromatic N) is 1. The summed E-state index contributed by atoms with van der Waals surface area (Å²) in [6.07, 6.45) is 6.68. The summed E-state index contributed by atoms with van der Waals surface area (Å²) in [7, 11) is 0. The van der Waals surface area contributed by atoms with Gasteiger partial charge in [0.1, 0.15) is 5.60 Å². The monoisotopic (exact) mass is 487 g/mol. The van der Waals surface area contributed by atoms with Crippen molar-refractivity contribution < 1.29 is 19.0 Å². The summed E-state index contributed by atoms with van der Waals surface area (Å²) >= 11 is 0. The highest BCUT2D eigenvalue weighted by Crippen LogP contribution is 2.56. The Hall–Kier alpha value is -1.99. The van der Waals surface area contributed by atoms with E-state index < -0.39 is 5.60 Å². The fourth-order valence-corrected chi connectivity index (χ4v) is 5.91. The van der Waals surface area contributed by atoms with Gasteiger partial charge in [0.25, 0.3) is 0 Å². The first-order chi connectivity index (χ1) is 16.6. The maximum atomic E-state index is 12.0. The molecule has 0 aromatic heterocycles. The highest BCUT2D eigenvalue weighted by Gasteiger charge is 2.53. The Bertz CT molecular complexity index is 846. The fraction of sp³-hybridized carbons (Fsp3) is 0.750. The van der Waals surface area contributed by atoms with E-state index in [1.807, 2.05) is 27.7 Å². The van der Waals surface area contributed by atoms with Gasteiger partial charge in [-0.15, -0.1) is 0 Å². The van der Waals surface area contributed by atoms with Crippen LogP contribution in [0.25, 0.3) is 0 Å². The van der Waals surface area contributed by atoms with Gasteiger partial charge in [0.2, 0.25) is 0 Å². The van der Waals surface area contributed by atoms with Gasteiger partial charge in [-0.3, -0.25) is 0 Å². The van der Waals surface area contributed by atoms with Crippen LogP contribution in [-0.2, 0) is 14.2 Å². The van der Waals surface area contributed by atoms with Crippen molar-refractivity contribution in [2.45, 2.75) is 96.9 Å². The number of alkyl carbamates (subject to hydrolysis) is 1. The molecule has 0 unspecified atom stereocenters. The van der Waals surface area contributed by atoms with E-state index in [-0.39, 0.29) is 12.1 Å². The molecule has 4 rings (SSSR count). The van der Waals surface area contributed by atoms with Crippen molar-refractivity contribution in [2.24, 2.45) is 5.41 Å². The lowest BCUT2D eigenvalue weighted by Gasteiger charge is -2.58. The van der Waals surface area contributed by atoms with Gasteiger partial charge in [0, 0.05) is 43.2 Å². The third-order valence-corrected chi connectivity index (χ3v) is 7.60. The number of piperidine rings is 1. The van der Waals surface area contributed by atoms with Crippen molar-refractivity contribution in [3.8, 4) is 0 Å². The van der Waals surface area contributed by atoms with E-state index in [4.69, 9.17) is 14.2 Å². The summed E-state index contributed by atoms with van der Waals surface area (Å²) in [6, 6.07) is 7.59. The molecule has 0 bridgehead atoms. The summed E-state index contributed by atoms with van der Waals surface area (Å²) in [5, 5.41) is 6.79. The molecular weight excluding hydrogens is 442 g/mol. The number of nitrogens with one attached hydrogen (secondary N) is 2. The number of benzene rings is 1. The van der Waals surface area contributed by atoms with E-state index in [1.165, 1.54) is 29.8 Å². The van der Waals surface area contributed by atoms with Gasteiger partial charge in [-0.1, -0.05) is 0 Å². The Labute approximate surface area is 211 Å². The van der Waals surface area contributed by atoms with E-state index in [2.05, 4.69) is 40.7 Å². The van der Waals surface area contributed by atoms with Gasteiger partial charge < -0.3 is 29.7 Å². The molecule has 0 radical (unpaired) electrons. The number of carbonyl (C=O) groups is 1. The van der Waals surface area contributed by atoms with E-state index in [9.17, 15) is 4.79 Å². The van der Waals surface area contributed by atoms with Gasteiger partial charge in [0.15, 0.2) is 0 Å². The van der Waals surface area contributed by atoms with Crippen molar-refractivity contribution in [2.75, 3.05) is 43.1 Å². The number of rotatable bonds is 9. The van der Waals surface area contributed by atoms with Crippen LogP contribution in [0.5, 0.6) is 0 Å². The standard InChI is InChI=1S/C28H45N3O4/c1-6-33-13-14-34-24-9-11-31(12-10-24)23-7-8-25(20(2)15-23)29-21-16-28(17-21)18-22(19-28)30-26(32)35-27(3,4)5/h7-8,15,21-22,24,29H,6,9-14,16-19H2,1-5H3,(H,30,32). The maximum absolute atomic E-state index is 12.0. The predicted octanol–water partition coefficient (Wildman–Crippen LogP) is 5.26. The molecule has 7 heteroatoms. The quantitative estimate of drug-likeness (QED) is 0.463.